The number of aryl methyl sites for hydroxylation is 2. The van der Waals surface area contributed by atoms with Crippen LogP contribution in [0.3, 0.4) is 0 Å². The van der Waals surface area contributed by atoms with E-state index in [0.29, 0.717) is 24.5 Å². The molecule has 0 radical (unpaired) electrons. The molecule has 1 fully saturated rings. The highest BCUT2D eigenvalue weighted by atomic mass is 32.2. The quantitative estimate of drug-likeness (QED) is 0.434. The van der Waals surface area contributed by atoms with Gasteiger partial charge in [-0.1, -0.05) is 48.2 Å². The van der Waals surface area contributed by atoms with E-state index in [9.17, 15) is 21.6 Å². The number of sulfonamides is 2. The molecule has 0 spiro atoms. The van der Waals surface area contributed by atoms with Gasteiger partial charge >= 0.3 is 0 Å². The minimum atomic E-state index is -4.02. The first-order valence-corrected chi connectivity index (χ1v) is 15.5. The lowest BCUT2D eigenvalue weighted by Crippen LogP contribution is -2.38. The molecule has 8 nitrogen and oxygen atoms in total. The van der Waals surface area contributed by atoms with Gasteiger partial charge in [0.25, 0.3) is 10.0 Å². The lowest BCUT2D eigenvalue weighted by atomic mass is 10.2. The van der Waals surface area contributed by atoms with Crippen LogP contribution in [0.4, 0.5) is 11.4 Å². The molecule has 1 saturated heterocycles. The van der Waals surface area contributed by atoms with E-state index in [2.05, 4.69) is 5.32 Å². The molecule has 202 valence electrons. The zero-order valence-corrected chi connectivity index (χ0v) is 23.3. The van der Waals surface area contributed by atoms with E-state index in [4.69, 9.17) is 0 Å². The Kier molecular flexibility index (Phi) is 8.54. The van der Waals surface area contributed by atoms with Gasteiger partial charge in [-0.15, -0.1) is 0 Å². The van der Waals surface area contributed by atoms with E-state index in [1.165, 1.54) is 40.7 Å². The molecule has 1 heterocycles. The number of hydrogen-bond acceptors (Lipinski definition) is 5. The number of hydrogen-bond donors (Lipinski definition) is 1. The molecular weight excluding hydrogens is 522 g/mol. The minimum absolute atomic E-state index is 0.0829. The smallest absolute Gasteiger partial charge is 0.264 e. The van der Waals surface area contributed by atoms with Crippen molar-refractivity contribution < 1.29 is 21.6 Å². The summed E-state index contributed by atoms with van der Waals surface area (Å²) in [6.07, 6.45) is 3.74. The Labute approximate surface area is 225 Å². The molecule has 0 aromatic heterocycles. The van der Waals surface area contributed by atoms with E-state index in [0.717, 1.165) is 41.1 Å². The first-order valence-electron chi connectivity index (χ1n) is 12.6. The summed E-state index contributed by atoms with van der Waals surface area (Å²) in [6.45, 7) is 4.32. The first kappa shape index (κ1) is 27.8. The van der Waals surface area contributed by atoms with Crippen LogP contribution < -0.4 is 9.62 Å². The molecule has 10 heteroatoms. The fourth-order valence-electron chi connectivity index (χ4n) is 4.34. The van der Waals surface area contributed by atoms with Gasteiger partial charge in [-0.05, 0) is 75.2 Å². The van der Waals surface area contributed by atoms with Crippen molar-refractivity contribution in [3.8, 4) is 0 Å². The molecule has 0 saturated carbocycles. The SMILES string of the molecule is Cc1ccc(N(CC(=O)Nc2ccc(S(=O)(=O)N3CCCCCC3)cc2)S(=O)(=O)c2ccc(C)cc2)cc1. The van der Waals surface area contributed by atoms with Crippen LogP contribution in [-0.2, 0) is 24.8 Å². The number of carbonyl (C=O) groups excluding carboxylic acids is 1. The van der Waals surface area contributed by atoms with E-state index < -0.39 is 32.5 Å². The monoisotopic (exact) mass is 555 g/mol. The Balaban J connectivity index is 1.53. The number of nitrogens with one attached hydrogen (secondary N) is 1. The van der Waals surface area contributed by atoms with Gasteiger partial charge in [0.2, 0.25) is 15.9 Å². The van der Waals surface area contributed by atoms with Crippen LogP contribution in [-0.4, -0.2) is 46.7 Å². The Bertz CT molecular complexity index is 1460. The minimum Gasteiger partial charge on any atom is -0.325 e. The van der Waals surface area contributed by atoms with Gasteiger partial charge < -0.3 is 5.32 Å². The first-order chi connectivity index (χ1) is 18.1. The van der Waals surface area contributed by atoms with Crippen LogP contribution in [0.2, 0.25) is 0 Å². The zero-order valence-electron chi connectivity index (χ0n) is 21.6. The molecule has 0 atom stereocenters. The van der Waals surface area contributed by atoms with Crippen molar-refractivity contribution in [2.45, 2.75) is 49.3 Å². The lowest BCUT2D eigenvalue weighted by Gasteiger charge is -2.24. The normalized spacial score (nSPS) is 15.0. The van der Waals surface area contributed by atoms with Crippen molar-refractivity contribution >= 4 is 37.3 Å². The third kappa shape index (κ3) is 6.43. The molecule has 3 aromatic rings. The maximum Gasteiger partial charge on any atom is 0.264 e. The summed E-state index contributed by atoms with van der Waals surface area (Å²) in [5, 5.41) is 2.70. The van der Waals surface area contributed by atoms with E-state index in [-0.39, 0.29) is 9.79 Å². The molecule has 4 rings (SSSR count). The average Bonchev–Trinajstić information content (AvgIpc) is 3.19. The third-order valence-corrected chi connectivity index (χ3v) is 10.3. The second-order valence-corrected chi connectivity index (χ2v) is 13.4. The second kappa shape index (κ2) is 11.7. The molecule has 0 unspecified atom stereocenters. The maximum atomic E-state index is 13.5. The predicted octanol–water partition coefficient (Wildman–Crippen LogP) is 4.70. The summed E-state index contributed by atoms with van der Waals surface area (Å²) in [6, 6.07) is 19.3. The molecular formula is C28H33N3O5S2. The molecule has 0 aliphatic carbocycles. The van der Waals surface area contributed by atoms with Gasteiger partial charge in [0.05, 0.1) is 15.5 Å². The van der Waals surface area contributed by atoms with Crippen molar-refractivity contribution in [3.05, 3.63) is 83.9 Å². The van der Waals surface area contributed by atoms with Crippen LogP contribution in [0, 0.1) is 13.8 Å². The van der Waals surface area contributed by atoms with Gasteiger partial charge in [0, 0.05) is 18.8 Å². The Morgan fingerprint density at radius 3 is 1.79 bits per heavy atom. The van der Waals surface area contributed by atoms with Crippen LogP contribution in [0.15, 0.2) is 82.6 Å². The fraction of sp³-hybridized carbons (Fsp3) is 0.321. The number of rotatable bonds is 8. The average molecular weight is 556 g/mol. The number of anilines is 2. The predicted molar refractivity (Wildman–Crippen MR) is 149 cm³/mol. The van der Waals surface area contributed by atoms with Crippen LogP contribution in [0.25, 0.3) is 0 Å². The molecule has 1 amide bonds. The van der Waals surface area contributed by atoms with E-state index in [1.807, 2.05) is 13.8 Å². The van der Waals surface area contributed by atoms with Gasteiger partial charge in [-0.3, -0.25) is 9.10 Å². The Morgan fingerprint density at radius 1 is 0.737 bits per heavy atom. The summed E-state index contributed by atoms with van der Waals surface area (Å²) >= 11 is 0. The molecule has 1 aliphatic rings. The summed E-state index contributed by atoms with van der Waals surface area (Å²) in [5.74, 6) is -0.551. The molecule has 1 aliphatic heterocycles. The van der Waals surface area contributed by atoms with Crippen LogP contribution >= 0.6 is 0 Å². The number of nitrogens with zero attached hydrogens (tertiary/aromatic N) is 2. The maximum absolute atomic E-state index is 13.5. The Morgan fingerprint density at radius 2 is 1.24 bits per heavy atom. The summed E-state index contributed by atoms with van der Waals surface area (Å²) in [7, 11) is -7.63. The number of benzene rings is 3. The molecule has 1 N–H and O–H groups in total. The van der Waals surface area contributed by atoms with Crippen molar-refractivity contribution in [2.75, 3.05) is 29.3 Å². The van der Waals surface area contributed by atoms with Gasteiger partial charge in [-0.25, -0.2) is 16.8 Å². The van der Waals surface area contributed by atoms with Crippen LogP contribution in [0.1, 0.15) is 36.8 Å². The molecule has 3 aromatic carbocycles. The van der Waals surface area contributed by atoms with Crippen molar-refractivity contribution in [2.24, 2.45) is 0 Å². The summed E-state index contributed by atoms with van der Waals surface area (Å²) in [4.78, 5) is 13.3. The fourth-order valence-corrected chi connectivity index (χ4v) is 7.27. The zero-order chi connectivity index (χ0) is 27.3. The van der Waals surface area contributed by atoms with Crippen molar-refractivity contribution in [1.82, 2.24) is 4.31 Å². The van der Waals surface area contributed by atoms with Gasteiger partial charge in [0.1, 0.15) is 6.54 Å². The van der Waals surface area contributed by atoms with Gasteiger partial charge in [0.15, 0.2) is 0 Å². The Hall–Kier alpha value is -3.21. The van der Waals surface area contributed by atoms with E-state index in [1.54, 1.807) is 36.4 Å². The van der Waals surface area contributed by atoms with Gasteiger partial charge in [-0.2, -0.15) is 4.31 Å². The molecule has 0 bridgehead atoms. The highest BCUT2D eigenvalue weighted by Gasteiger charge is 2.28. The standard InChI is InChI=1S/C28H33N3O5S2/c1-22-7-13-25(14-8-22)31(38(35,36)27-15-9-23(2)10-16-27)21-28(32)29-24-11-17-26(18-12-24)37(33,34)30-19-5-3-4-6-20-30/h7-18H,3-6,19-21H2,1-2H3,(H,29,32). The van der Waals surface area contributed by atoms with Crippen molar-refractivity contribution in [3.63, 3.8) is 0 Å². The highest BCUT2D eigenvalue weighted by molar-refractivity contribution is 7.92. The summed E-state index contributed by atoms with van der Waals surface area (Å²) in [5.41, 5.74) is 2.62. The van der Waals surface area contributed by atoms with E-state index >= 15 is 0 Å². The number of amides is 1. The number of carbonyl (C=O) groups is 1. The highest BCUT2D eigenvalue weighted by Crippen LogP contribution is 2.25. The van der Waals surface area contributed by atoms with Crippen molar-refractivity contribution in [1.29, 1.82) is 0 Å². The second-order valence-electron chi connectivity index (χ2n) is 9.55. The third-order valence-electron chi connectivity index (χ3n) is 6.56. The topological polar surface area (TPSA) is 104 Å². The van der Waals surface area contributed by atoms with Crippen LogP contribution in [0.5, 0.6) is 0 Å². The molecule has 38 heavy (non-hydrogen) atoms. The lowest BCUT2D eigenvalue weighted by molar-refractivity contribution is -0.114. The largest absolute Gasteiger partial charge is 0.325 e. The summed E-state index contributed by atoms with van der Waals surface area (Å²) < 4.78 is 55.7.